The Morgan fingerprint density at radius 3 is 2.45 bits per heavy atom. The number of carbonyl (C=O) groups excluding carboxylic acids is 1. The molecule has 1 saturated heterocycles. The van der Waals surface area contributed by atoms with Gasteiger partial charge in [-0.25, -0.2) is 0 Å². The van der Waals surface area contributed by atoms with E-state index < -0.39 is 0 Å². The van der Waals surface area contributed by atoms with Crippen LogP contribution >= 0.6 is 0 Å². The first kappa shape index (κ1) is 14.8. The van der Waals surface area contributed by atoms with Crippen molar-refractivity contribution in [2.75, 3.05) is 57.8 Å². The van der Waals surface area contributed by atoms with Gasteiger partial charge in [0.2, 0.25) is 5.91 Å². The zero-order valence-corrected chi connectivity index (χ0v) is 12.2. The van der Waals surface area contributed by atoms with Gasteiger partial charge in [0, 0.05) is 52.0 Å². The number of rotatable bonds is 5. The zero-order valence-electron chi connectivity index (χ0n) is 12.2. The summed E-state index contributed by atoms with van der Waals surface area (Å²) >= 11 is 0. The third kappa shape index (κ3) is 3.95. The molecular weight excluding hydrogens is 252 g/mol. The SMILES string of the molecule is CN(CCN1CCN(c2ccccc2)CC1)C(=O)CN. The zero-order chi connectivity index (χ0) is 14.4. The summed E-state index contributed by atoms with van der Waals surface area (Å²) in [6.07, 6.45) is 0. The quantitative estimate of drug-likeness (QED) is 0.836. The Labute approximate surface area is 120 Å². The van der Waals surface area contributed by atoms with Gasteiger partial charge >= 0.3 is 0 Å². The highest BCUT2D eigenvalue weighted by Crippen LogP contribution is 2.15. The molecule has 0 spiro atoms. The molecule has 0 bridgehead atoms. The lowest BCUT2D eigenvalue weighted by Gasteiger charge is -2.36. The topological polar surface area (TPSA) is 52.8 Å². The standard InChI is InChI=1S/C15H24N4O/c1-17(15(20)13-16)7-8-18-9-11-19(12-10-18)14-5-3-2-4-6-14/h2-6H,7-13,16H2,1H3. The van der Waals surface area contributed by atoms with Crippen LogP contribution in [0.15, 0.2) is 30.3 Å². The molecule has 0 radical (unpaired) electrons. The van der Waals surface area contributed by atoms with Gasteiger partial charge in [-0.05, 0) is 12.1 Å². The van der Waals surface area contributed by atoms with Crippen molar-refractivity contribution >= 4 is 11.6 Å². The highest BCUT2D eigenvalue weighted by atomic mass is 16.2. The summed E-state index contributed by atoms with van der Waals surface area (Å²) in [5.74, 6) is 0.00733. The number of carbonyl (C=O) groups is 1. The summed E-state index contributed by atoms with van der Waals surface area (Å²) in [7, 11) is 1.81. The van der Waals surface area contributed by atoms with Crippen molar-refractivity contribution < 1.29 is 4.79 Å². The predicted octanol–water partition coefficient (Wildman–Crippen LogP) is 0.226. The molecule has 1 aliphatic heterocycles. The van der Waals surface area contributed by atoms with Crippen molar-refractivity contribution in [1.29, 1.82) is 0 Å². The van der Waals surface area contributed by atoms with Crippen molar-refractivity contribution in [3.8, 4) is 0 Å². The molecule has 0 atom stereocenters. The lowest BCUT2D eigenvalue weighted by molar-refractivity contribution is -0.128. The van der Waals surface area contributed by atoms with Crippen molar-refractivity contribution in [1.82, 2.24) is 9.80 Å². The van der Waals surface area contributed by atoms with E-state index in [4.69, 9.17) is 5.73 Å². The molecule has 1 heterocycles. The molecule has 0 saturated carbocycles. The Kier molecular flexibility index (Phi) is 5.38. The number of nitrogens with two attached hydrogens (primary N) is 1. The molecule has 20 heavy (non-hydrogen) atoms. The number of likely N-dealkylation sites (N-methyl/N-ethyl adjacent to an activating group) is 1. The fourth-order valence-corrected chi connectivity index (χ4v) is 2.44. The monoisotopic (exact) mass is 276 g/mol. The molecule has 1 fully saturated rings. The largest absolute Gasteiger partial charge is 0.369 e. The van der Waals surface area contributed by atoms with E-state index in [0.29, 0.717) is 0 Å². The summed E-state index contributed by atoms with van der Waals surface area (Å²) in [5, 5.41) is 0. The first-order chi connectivity index (χ1) is 9.70. The highest BCUT2D eigenvalue weighted by molar-refractivity contribution is 5.77. The first-order valence-electron chi connectivity index (χ1n) is 7.17. The van der Waals surface area contributed by atoms with Crippen LogP contribution in [-0.2, 0) is 4.79 Å². The van der Waals surface area contributed by atoms with Crippen LogP contribution in [0, 0.1) is 0 Å². The van der Waals surface area contributed by atoms with E-state index in [1.807, 2.05) is 13.1 Å². The van der Waals surface area contributed by atoms with E-state index >= 15 is 0 Å². The second kappa shape index (κ2) is 7.26. The number of amides is 1. The van der Waals surface area contributed by atoms with Gasteiger partial charge in [0.25, 0.3) is 0 Å². The molecule has 0 unspecified atom stereocenters. The fourth-order valence-electron chi connectivity index (χ4n) is 2.44. The summed E-state index contributed by atoms with van der Waals surface area (Å²) in [4.78, 5) is 17.9. The highest BCUT2D eigenvalue weighted by Gasteiger charge is 2.17. The molecule has 2 rings (SSSR count). The average molecular weight is 276 g/mol. The van der Waals surface area contributed by atoms with Gasteiger partial charge in [-0.2, -0.15) is 0 Å². The minimum absolute atomic E-state index is 0.00733. The van der Waals surface area contributed by atoms with E-state index in [2.05, 4.69) is 34.1 Å². The Balaban J connectivity index is 1.73. The van der Waals surface area contributed by atoms with Crippen LogP contribution in [0.5, 0.6) is 0 Å². The number of para-hydroxylation sites is 1. The smallest absolute Gasteiger partial charge is 0.236 e. The van der Waals surface area contributed by atoms with Crippen LogP contribution in [0.1, 0.15) is 0 Å². The molecule has 0 aromatic heterocycles. The van der Waals surface area contributed by atoms with Gasteiger partial charge in [-0.3, -0.25) is 9.69 Å². The molecule has 110 valence electrons. The molecule has 1 amide bonds. The molecule has 0 aliphatic carbocycles. The van der Waals surface area contributed by atoms with Crippen LogP contribution in [0.25, 0.3) is 0 Å². The van der Waals surface area contributed by atoms with Crippen LogP contribution in [0.2, 0.25) is 0 Å². The van der Waals surface area contributed by atoms with Crippen molar-refractivity contribution in [2.45, 2.75) is 0 Å². The van der Waals surface area contributed by atoms with Gasteiger partial charge in [-0.1, -0.05) is 18.2 Å². The van der Waals surface area contributed by atoms with E-state index in [1.54, 1.807) is 4.90 Å². The summed E-state index contributed by atoms with van der Waals surface area (Å²) in [6, 6.07) is 10.5. The van der Waals surface area contributed by atoms with Crippen LogP contribution < -0.4 is 10.6 Å². The number of benzene rings is 1. The molecule has 5 nitrogen and oxygen atoms in total. The van der Waals surface area contributed by atoms with Gasteiger partial charge in [0.05, 0.1) is 6.54 Å². The third-order valence-corrected chi connectivity index (χ3v) is 3.85. The molecule has 5 heteroatoms. The van der Waals surface area contributed by atoms with E-state index in [1.165, 1.54) is 5.69 Å². The fraction of sp³-hybridized carbons (Fsp3) is 0.533. The maximum atomic E-state index is 11.4. The molecule has 1 aliphatic rings. The van der Waals surface area contributed by atoms with E-state index in [9.17, 15) is 4.79 Å². The van der Waals surface area contributed by atoms with Crippen molar-refractivity contribution in [2.24, 2.45) is 5.73 Å². The van der Waals surface area contributed by atoms with Crippen LogP contribution in [-0.4, -0.2) is 68.6 Å². The van der Waals surface area contributed by atoms with E-state index in [-0.39, 0.29) is 12.5 Å². The van der Waals surface area contributed by atoms with E-state index in [0.717, 1.165) is 39.3 Å². The molecule has 2 N–H and O–H groups in total. The second-order valence-electron chi connectivity index (χ2n) is 5.18. The molecule has 1 aromatic carbocycles. The summed E-state index contributed by atoms with van der Waals surface area (Å²) in [5.41, 5.74) is 6.65. The van der Waals surface area contributed by atoms with Crippen LogP contribution in [0.3, 0.4) is 0 Å². The first-order valence-corrected chi connectivity index (χ1v) is 7.17. The maximum Gasteiger partial charge on any atom is 0.236 e. The second-order valence-corrected chi connectivity index (χ2v) is 5.18. The lowest BCUT2D eigenvalue weighted by atomic mass is 10.2. The Morgan fingerprint density at radius 2 is 1.85 bits per heavy atom. The maximum absolute atomic E-state index is 11.4. The molecular formula is C15H24N4O. The van der Waals surface area contributed by atoms with Gasteiger partial charge in [-0.15, -0.1) is 0 Å². The average Bonchev–Trinajstić information content (AvgIpc) is 2.53. The van der Waals surface area contributed by atoms with Crippen molar-refractivity contribution in [3.63, 3.8) is 0 Å². The van der Waals surface area contributed by atoms with Gasteiger partial charge in [0.15, 0.2) is 0 Å². The lowest BCUT2D eigenvalue weighted by Crippen LogP contribution is -2.49. The number of nitrogens with zero attached hydrogens (tertiary/aromatic N) is 3. The van der Waals surface area contributed by atoms with Gasteiger partial charge < -0.3 is 15.5 Å². The summed E-state index contributed by atoms with van der Waals surface area (Å²) in [6.45, 7) is 5.93. The minimum atomic E-state index is 0.00733. The predicted molar refractivity (Wildman–Crippen MR) is 81.8 cm³/mol. The normalized spacial score (nSPS) is 16.2. The number of hydrogen-bond acceptors (Lipinski definition) is 4. The molecule has 1 aromatic rings. The number of hydrogen-bond donors (Lipinski definition) is 1. The Bertz CT molecular complexity index is 415. The van der Waals surface area contributed by atoms with Crippen molar-refractivity contribution in [3.05, 3.63) is 30.3 Å². The summed E-state index contributed by atoms with van der Waals surface area (Å²) < 4.78 is 0. The van der Waals surface area contributed by atoms with Gasteiger partial charge in [0.1, 0.15) is 0 Å². The number of piperazine rings is 1. The Hall–Kier alpha value is -1.59. The Morgan fingerprint density at radius 1 is 1.20 bits per heavy atom. The number of anilines is 1. The third-order valence-electron chi connectivity index (χ3n) is 3.85. The van der Waals surface area contributed by atoms with Crippen LogP contribution in [0.4, 0.5) is 5.69 Å². The minimum Gasteiger partial charge on any atom is -0.369 e.